The monoisotopic (exact) mass is 638 g/mol. The molecule has 0 aliphatic carbocycles. The van der Waals surface area contributed by atoms with E-state index in [1.807, 2.05) is 54.6 Å². The standard InChI is InChI=1S/C24H16I2O5/c25-17-11-15(12-18(26)24(17)30-13-21(27)28)23(29)22-16-8-4-5-9-19(16)31-20(22)10-14-6-2-1-3-7-14/h1-9,11-12H,10,13H2,(H,27,28). The molecule has 0 saturated carbocycles. The number of carbonyl (C=O) groups excluding carboxylic acids is 1. The van der Waals surface area contributed by atoms with Gasteiger partial charge in [0.05, 0.1) is 12.7 Å². The molecular weight excluding hydrogens is 622 g/mol. The van der Waals surface area contributed by atoms with Crippen LogP contribution in [0.25, 0.3) is 11.0 Å². The second-order valence-corrected chi connectivity index (χ2v) is 9.16. The Labute approximate surface area is 205 Å². The van der Waals surface area contributed by atoms with E-state index in [1.165, 1.54) is 0 Å². The molecule has 156 valence electrons. The Morgan fingerprint density at radius 3 is 2.26 bits per heavy atom. The van der Waals surface area contributed by atoms with Crippen LogP contribution in [0.2, 0.25) is 0 Å². The first-order valence-corrected chi connectivity index (χ1v) is 11.5. The van der Waals surface area contributed by atoms with Gasteiger partial charge in [0.2, 0.25) is 0 Å². The van der Waals surface area contributed by atoms with Gasteiger partial charge >= 0.3 is 5.97 Å². The molecule has 1 heterocycles. The third kappa shape index (κ3) is 4.77. The number of hydrogen-bond donors (Lipinski definition) is 1. The van der Waals surface area contributed by atoms with Gasteiger partial charge in [0.1, 0.15) is 17.1 Å². The highest BCUT2D eigenvalue weighted by molar-refractivity contribution is 14.1. The molecule has 0 aliphatic heterocycles. The van der Waals surface area contributed by atoms with Crippen LogP contribution in [-0.4, -0.2) is 23.5 Å². The van der Waals surface area contributed by atoms with E-state index in [0.717, 1.165) is 10.9 Å². The molecule has 0 saturated heterocycles. The van der Waals surface area contributed by atoms with Gasteiger partial charge in [0.25, 0.3) is 0 Å². The highest BCUT2D eigenvalue weighted by atomic mass is 127. The fraction of sp³-hybridized carbons (Fsp3) is 0.0833. The molecule has 0 amide bonds. The van der Waals surface area contributed by atoms with Gasteiger partial charge in [-0.3, -0.25) is 4.79 Å². The zero-order valence-corrected chi connectivity index (χ0v) is 20.4. The third-order valence-electron chi connectivity index (χ3n) is 4.70. The summed E-state index contributed by atoms with van der Waals surface area (Å²) in [4.78, 5) is 24.5. The molecule has 0 spiro atoms. The minimum absolute atomic E-state index is 0.142. The lowest BCUT2D eigenvalue weighted by Gasteiger charge is -2.11. The van der Waals surface area contributed by atoms with Crippen LogP contribution in [0.15, 0.2) is 71.1 Å². The number of ether oxygens (including phenoxy) is 1. The molecule has 1 aromatic heterocycles. The van der Waals surface area contributed by atoms with Crippen molar-refractivity contribution in [2.45, 2.75) is 6.42 Å². The van der Waals surface area contributed by atoms with E-state index in [-0.39, 0.29) is 5.78 Å². The van der Waals surface area contributed by atoms with Gasteiger partial charge in [-0.1, -0.05) is 48.5 Å². The summed E-state index contributed by atoms with van der Waals surface area (Å²) in [7, 11) is 0. The van der Waals surface area contributed by atoms with Crippen molar-refractivity contribution < 1.29 is 23.8 Å². The summed E-state index contributed by atoms with van der Waals surface area (Å²) < 4.78 is 12.8. The molecule has 1 N–H and O–H groups in total. The second-order valence-electron chi connectivity index (χ2n) is 6.84. The molecule has 0 atom stereocenters. The molecule has 0 radical (unpaired) electrons. The Hall–Kier alpha value is -2.40. The summed E-state index contributed by atoms with van der Waals surface area (Å²) in [5.74, 6) is -0.117. The van der Waals surface area contributed by atoms with E-state index >= 15 is 0 Å². The predicted molar refractivity (Wildman–Crippen MR) is 134 cm³/mol. The fourth-order valence-electron chi connectivity index (χ4n) is 3.36. The largest absolute Gasteiger partial charge is 0.480 e. The number of fused-ring (bicyclic) bond motifs is 1. The van der Waals surface area contributed by atoms with Crippen molar-refractivity contribution in [1.29, 1.82) is 0 Å². The summed E-state index contributed by atoms with van der Waals surface area (Å²) in [6.45, 7) is -0.438. The number of rotatable bonds is 7. The van der Waals surface area contributed by atoms with Crippen molar-refractivity contribution in [3.63, 3.8) is 0 Å². The number of aliphatic carboxylic acids is 1. The van der Waals surface area contributed by atoms with Gasteiger partial charge in [-0.25, -0.2) is 4.79 Å². The highest BCUT2D eigenvalue weighted by Gasteiger charge is 2.24. The van der Waals surface area contributed by atoms with E-state index in [0.29, 0.717) is 41.8 Å². The van der Waals surface area contributed by atoms with Crippen LogP contribution >= 0.6 is 45.2 Å². The summed E-state index contributed by atoms with van der Waals surface area (Å²) in [5, 5.41) is 9.66. The maximum Gasteiger partial charge on any atom is 0.341 e. The maximum absolute atomic E-state index is 13.6. The van der Waals surface area contributed by atoms with Crippen molar-refractivity contribution in [2.75, 3.05) is 6.61 Å². The first kappa shape index (κ1) is 21.8. The van der Waals surface area contributed by atoms with E-state index < -0.39 is 12.6 Å². The number of carbonyl (C=O) groups is 2. The lowest BCUT2D eigenvalue weighted by Crippen LogP contribution is -2.12. The van der Waals surface area contributed by atoms with Gasteiger partial charge in [0, 0.05) is 17.4 Å². The predicted octanol–water partition coefficient (Wildman–Crippen LogP) is 5.93. The lowest BCUT2D eigenvalue weighted by atomic mass is 9.97. The number of carboxylic acid groups (broad SMARTS) is 1. The third-order valence-corrected chi connectivity index (χ3v) is 6.31. The van der Waals surface area contributed by atoms with Crippen molar-refractivity contribution in [3.8, 4) is 5.75 Å². The minimum atomic E-state index is -1.05. The first-order chi connectivity index (χ1) is 14.9. The second kappa shape index (κ2) is 9.39. The summed E-state index contributed by atoms with van der Waals surface area (Å²) >= 11 is 4.11. The summed E-state index contributed by atoms with van der Waals surface area (Å²) in [5.41, 5.74) is 2.77. The number of ketones is 1. The Bertz CT molecular complexity index is 1250. The highest BCUT2D eigenvalue weighted by Crippen LogP contribution is 2.33. The molecule has 7 heteroatoms. The molecule has 0 aliphatic rings. The minimum Gasteiger partial charge on any atom is -0.480 e. The first-order valence-electron chi connectivity index (χ1n) is 9.36. The average Bonchev–Trinajstić information content (AvgIpc) is 3.10. The Kier molecular flexibility index (Phi) is 6.61. The lowest BCUT2D eigenvalue weighted by molar-refractivity contribution is -0.139. The van der Waals surface area contributed by atoms with Crippen LogP contribution in [0.4, 0.5) is 0 Å². The van der Waals surface area contributed by atoms with Crippen molar-refractivity contribution in [3.05, 3.63) is 96.3 Å². The van der Waals surface area contributed by atoms with Crippen LogP contribution in [0, 0.1) is 7.14 Å². The Balaban J connectivity index is 1.77. The topological polar surface area (TPSA) is 76.7 Å². The molecule has 5 nitrogen and oxygen atoms in total. The summed E-state index contributed by atoms with van der Waals surface area (Å²) in [6, 6.07) is 20.8. The molecule has 4 rings (SSSR count). The summed E-state index contributed by atoms with van der Waals surface area (Å²) in [6.07, 6.45) is 0.505. The number of benzene rings is 3. The number of halogens is 2. The van der Waals surface area contributed by atoms with E-state index in [4.69, 9.17) is 14.3 Å². The van der Waals surface area contributed by atoms with Crippen LogP contribution in [0.5, 0.6) is 5.75 Å². The molecule has 31 heavy (non-hydrogen) atoms. The molecular formula is C24H16I2O5. The van der Waals surface area contributed by atoms with Crippen molar-refractivity contribution in [1.82, 2.24) is 0 Å². The zero-order valence-electron chi connectivity index (χ0n) is 16.1. The van der Waals surface area contributed by atoms with E-state index in [2.05, 4.69) is 45.2 Å². The maximum atomic E-state index is 13.6. The van der Waals surface area contributed by atoms with Crippen LogP contribution in [0.3, 0.4) is 0 Å². The van der Waals surface area contributed by atoms with Gasteiger partial charge in [-0.05, 0) is 68.9 Å². The number of hydrogen-bond acceptors (Lipinski definition) is 4. The van der Waals surface area contributed by atoms with Crippen LogP contribution in [-0.2, 0) is 11.2 Å². The zero-order chi connectivity index (χ0) is 22.0. The van der Waals surface area contributed by atoms with Crippen molar-refractivity contribution >= 4 is 67.9 Å². The molecule has 0 fully saturated rings. The van der Waals surface area contributed by atoms with Gasteiger partial charge < -0.3 is 14.3 Å². The fourth-order valence-corrected chi connectivity index (χ4v) is 5.44. The van der Waals surface area contributed by atoms with Crippen molar-refractivity contribution in [2.24, 2.45) is 0 Å². The number of furan rings is 1. The normalized spacial score (nSPS) is 10.9. The molecule has 4 aromatic rings. The van der Waals surface area contributed by atoms with Crippen LogP contribution < -0.4 is 4.74 Å². The molecule has 0 unspecified atom stereocenters. The number of para-hydroxylation sites is 1. The van der Waals surface area contributed by atoms with Crippen LogP contribution in [0.1, 0.15) is 27.2 Å². The van der Waals surface area contributed by atoms with Gasteiger partial charge in [-0.2, -0.15) is 0 Å². The smallest absolute Gasteiger partial charge is 0.341 e. The molecule has 3 aromatic carbocycles. The quantitative estimate of drug-likeness (QED) is 0.201. The number of carboxylic acids is 1. The molecule has 0 bridgehead atoms. The van der Waals surface area contributed by atoms with E-state index in [9.17, 15) is 9.59 Å². The van der Waals surface area contributed by atoms with E-state index in [1.54, 1.807) is 12.1 Å². The SMILES string of the molecule is O=C(O)COc1c(I)cc(C(=O)c2c(Cc3ccccc3)oc3ccccc23)cc1I. The van der Waals surface area contributed by atoms with Gasteiger partial charge in [0.15, 0.2) is 12.4 Å². The van der Waals surface area contributed by atoms with Gasteiger partial charge in [-0.15, -0.1) is 0 Å². The average molecular weight is 638 g/mol. The Morgan fingerprint density at radius 1 is 0.935 bits per heavy atom. The Morgan fingerprint density at radius 2 is 1.58 bits per heavy atom.